The predicted molar refractivity (Wildman–Crippen MR) is 159 cm³/mol. The summed E-state index contributed by atoms with van der Waals surface area (Å²) >= 11 is 1.49. The number of hydrogen-bond acceptors (Lipinski definition) is 7. The van der Waals surface area contributed by atoms with Crippen LogP contribution in [0.1, 0.15) is 29.4 Å². The number of fused-ring (bicyclic) bond motifs is 2. The fourth-order valence-electron chi connectivity index (χ4n) is 5.40. The van der Waals surface area contributed by atoms with Gasteiger partial charge in [0, 0.05) is 45.7 Å². The third kappa shape index (κ3) is 4.67. The quantitative estimate of drug-likeness (QED) is 0.209. The fraction of sp³-hybridized carbons (Fsp3) is 0.226. The largest absolute Gasteiger partial charge is 0.491 e. The summed E-state index contributed by atoms with van der Waals surface area (Å²) in [7, 11) is 0. The minimum Gasteiger partial charge on any atom is -0.491 e. The molecule has 1 aromatic carbocycles. The highest BCUT2D eigenvalue weighted by Gasteiger charge is 2.16. The highest BCUT2D eigenvalue weighted by molar-refractivity contribution is 7.17. The number of carbonyl (C=O) groups is 1. The predicted octanol–water partition coefficient (Wildman–Crippen LogP) is 6.57. The lowest BCUT2D eigenvalue weighted by Crippen LogP contribution is -2.25. The maximum absolute atomic E-state index is 11.8. The molecule has 2 N–H and O–H groups in total. The van der Waals surface area contributed by atoms with E-state index in [0.29, 0.717) is 6.61 Å². The van der Waals surface area contributed by atoms with Crippen molar-refractivity contribution in [2.75, 3.05) is 26.2 Å². The van der Waals surface area contributed by atoms with E-state index in [1.165, 1.54) is 24.2 Å². The molecule has 1 aliphatic heterocycles. The molecule has 9 heteroatoms. The first-order valence-corrected chi connectivity index (χ1v) is 14.3. The normalized spacial score (nSPS) is 13.9. The Balaban J connectivity index is 1.20. The van der Waals surface area contributed by atoms with Crippen LogP contribution in [0, 0.1) is 0 Å². The lowest BCUT2D eigenvalue weighted by Gasteiger charge is -2.15. The van der Waals surface area contributed by atoms with Gasteiger partial charge in [-0.1, -0.05) is 6.07 Å². The van der Waals surface area contributed by atoms with Crippen LogP contribution in [-0.4, -0.2) is 62.1 Å². The number of ketones is 1. The number of pyridine rings is 2. The number of aromatic amines is 2. The summed E-state index contributed by atoms with van der Waals surface area (Å²) in [4.78, 5) is 28.4. The number of ether oxygens (including phenoxy) is 1. The van der Waals surface area contributed by atoms with Gasteiger partial charge in [-0.2, -0.15) is 5.10 Å². The van der Waals surface area contributed by atoms with E-state index in [0.717, 1.165) is 85.0 Å². The Morgan fingerprint density at radius 1 is 0.950 bits per heavy atom. The average Bonchev–Trinajstić information content (AvgIpc) is 3.78. The zero-order valence-corrected chi connectivity index (χ0v) is 22.9. The summed E-state index contributed by atoms with van der Waals surface area (Å²) < 4.78 is 6.04. The topological polar surface area (TPSA) is 99.8 Å². The van der Waals surface area contributed by atoms with Gasteiger partial charge in [0.05, 0.1) is 34.0 Å². The Bertz CT molecular complexity index is 1850. The summed E-state index contributed by atoms with van der Waals surface area (Å²) in [6, 6.07) is 14.3. The molecule has 6 heterocycles. The smallest absolute Gasteiger partial charge is 0.169 e. The Labute approximate surface area is 235 Å². The molecule has 0 bridgehead atoms. The van der Waals surface area contributed by atoms with Gasteiger partial charge in [0.25, 0.3) is 0 Å². The first-order valence-electron chi connectivity index (χ1n) is 13.5. The van der Waals surface area contributed by atoms with E-state index in [4.69, 9.17) is 4.74 Å². The van der Waals surface area contributed by atoms with E-state index in [9.17, 15) is 4.79 Å². The number of thiophene rings is 1. The summed E-state index contributed by atoms with van der Waals surface area (Å²) in [5.41, 5.74) is 6.63. The average molecular weight is 549 g/mol. The van der Waals surface area contributed by atoms with Crippen LogP contribution in [0.4, 0.5) is 0 Å². The second kappa shape index (κ2) is 10.3. The Morgan fingerprint density at radius 3 is 2.67 bits per heavy atom. The molecule has 7 rings (SSSR count). The molecule has 40 heavy (non-hydrogen) atoms. The number of hydrogen-bond donors (Lipinski definition) is 2. The molecule has 1 aliphatic rings. The lowest BCUT2D eigenvalue weighted by molar-refractivity contribution is 0.102. The van der Waals surface area contributed by atoms with Crippen LogP contribution < -0.4 is 4.74 Å². The first kappa shape index (κ1) is 24.7. The fourth-order valence-corrected chi connectivity index (χ4v) is 6.33. The number of nitrogens with one attached hydrogen (secondary N) is 2. The number of carbonyl (C=O) groups excluding carboxylic acids is 1. The van der Waals surface area contributed by atoms with E-state index >= 15 is 0 Å². The summed E-state index contributed by atoms with van der Waals surface area (Å²) in [6.07, 6.45) is 9.88. The number of H-pyrrole nitrogens is 2. The molecule has 6 aromatic rings. The van der Waals surface area contributed by atoms with E-state index in [2.05, 4.69) is 54.3 Å². The maximum atomic E-state index is 11.8. The number of rotatable bonds is 8. The van der Waals surface area contributed by atoms with E-state index in [1.807, 2.05) is 36.8 Å². The molecule has 0 unspecified atom stereocenters. The third-order valence-electron chi connectivity index (χ3n) is 7.50. The van der Waals surface area contributed by atoms with Crippen LogP contribution >= 0.6 is 11.3 Å². The van der Waals surface area contributed by atoms with Crippen molar-refractivity contribution in [2.45, 2.75) is 19.8 Å². The van der Waals surface area contributed by atoms with E-state index < -0.39 is 0 Å². The Morgan fingerprint density at radius 2 is 1.82 bits per heavy atom. The molecule has 1 saturated heterocycles. The number of Topliss-reactive ketones (excluding diaryl/α,β-unsaturated/α-hetero) is 1. The molecule has 8 nitrogen and oxygen atoms in total. The van der Waals surface area contributed by atoms with Crippen molar-refractivity contribution >= 4 is 38.9 Å². The maximum Gasteiger partial charge on any atom is 0.169 e. The standard InChI is InChI=1S/C31H28N6O2S/c1-19(38)29-6-7-30(40-29)25-17-33-18-28-23(25)14-27(34-28)31-24-13-20(4-5-26(24)35-36-31)21-12-22(16-32-15-21)39-11-10-37-8-2-3-9-37/h4-7,12-18,34H,2-3,8-11H2,1H3,(H,35,36). The van der Waals surface area contributed by atoms with Crippen LogP contribution in [0.25, 0.3) is 54.8 Å². The summed E-state index contributed by atoms with van der Waals surface area (Å²) in [5, 5.41) is 9.88. The second-order valence-corrected chi connectivity index (χ2v) is 11.3. The molecular weight excluding hydrogens is 520 g/mol. The van der Waals surface area contributed by atoms with E-state index in [1.54, 1.807) is 13.1 Å². The zero-order chi connectivity index (χ0) is 27.1. The SMILES string of the molecule is CC(=O)c1ccc(-c2cncc3[nH]c(-c4n[nH]c5ccc(-c6cncc(OCCN7CCCC7)c6)cc45)cc23)s1. The van der Waals surface area contributed by atoms with Gasteiger partial charge < -0.3 is 9.72 Å². The van der Waals surface area contributed by atoms with E-state index in [-0.39, 0.29) is 5.78 Å². The number of likely N-dealkylation sites (tertiary alicyclic amines) is 1. The monoisotopic (exact) mass is 548 g/mol. The van der Waals surface area contributed by atoms with Gasteiger partial charge in [-0.3, -0.25) is 24.8 Å². The minimum atomic E-state index is 0.0688. The van der Waals surface area contributed by atoms with Gasteiger partial charge in [-0.15, -0.1) is 11.3 Å². The molecule has 5 aromatic heterocycles. The van der Waals surface area contributed by atoms with Crippen molar-refractivity contribution in [1.82, 2.24) is 30.0 Å². The first-order chi connectivity index (χ1) is 19.6. The molecular formula is C31H28N6O2S. The number of aromatic nitrogens is 5. The highest BCUT2D eigenvalue weighted by atomic mass is 32.1. The lowest BCUT2D eigenvalue weighted by atomic mass is 10.0. The van der Waals surface area contributed by atoms with Crippen molar-refractivity contribution < 1.29 is 9.53 Å². The van der Waals surface area contributed by atoms with Gasteiger partial charge in [0.1, 0.15) is 18.1 Å². The minimum absolute atomic E-state index is 0.0688. The van der Waals surface area contributed by atoms with Crippen molar-refractivity contribution in [3.05, 3.63) is 72.1 Å². The zero-order valence-electron chi connectivity index (χ0n) is 22.1. The van der Waals surface area contributed by atoms with Crippen LogP contribution in [0.5, 0.6) is 5.75 Å². The molecule has 0 amide bonds. The molecule has 0 spiro atoms. The number of benzene rings is 1. The van der Waals surface area contributed by atoms with Gasteiger partial charge in [-0.25, -0.2) is 0 Å². The molecule has 0 radical (unpaired) electrons. The van der Waals surface area contributed by atoms with Gasteiger partial charge in [0.15, 0.2) is 5.78 Å². The third-order valence-corrected chi connectivity index (χ3v) is 8.72. The van der Waals surface area contributed by atoms with Crippen LogP contribution in [-0.2, 0) is 0 Å². The van der Waals surface area contributed by atoms with Crippen LogP contribution in [0.15, 0.2) is 67.3 Å². The molecule has 0 saturated carbocycles. The van der Waals surface area contributed by atoms with Crippen molar-refractivity contribution in [3.63, 3.8) is 0 Å². The van der Waals surface area contributed by atoms with Crippen molar-refractivity contribution in [1.29, 1.82) is 0 Å². The molecule has 1 fully saturated rings. The van der Waals surface area contributed by atoms with Crippen molar-refractivity contribution in [3.8, 4) is 38.7 Å². The van der Waals surface area contributed by atoms with Gasteiger partial charge in [-0.05, 0) is 74.8 Å². The molecule has 0 aliphatic carbocycles. The highest BCUT2D eigenvalue weighted by Crippen LogP contribution is 2.37. The molecule has 200 valence electrons. The van der Waals surface area contributed by atoms with Gasteiger partial charge in [0.2, 0.25) is 0 Å². The van der Waals surface area contributed by atoms with Crippen LogP contribution in [0.2, 0.25) is 0 Å². The Kier molecular flexibility index (Phi) is 6.37. The van der Waals surface area contributed by atoms with Crippen molar-refractivity contribution in [2.24, 2.45) is 0 Å². The number of nitrogens with zero attached hydrogens (tertiary/aromatic N) is 4. The summed E-state index contributed by atoms with van der Waals surface area (Å²) in [6.45, 7) is 5.53. The van der Waals surface area contributed by atoms with Gasteiger partial charge >= 0.3 is 0 Å². The van der Waals surface area contributed by atoms with Crippen LogP contribution in [0.3, 0.4) is 0 Å². The Hall–Kier alpha value is -4.34. The molecule has 0 atom stereocenters. The second-order valence-electron chi connectivity index (χ2n) is 10.2. The summed E-state index contributed by atoms with van der Waals surface area (Å²) in [5.74, 6) is 0.848.